The average molecular weight is 219 g/mol. The van der Waals surface area contributed by atoms with Gasteiger partial charge < -0.3 is 14.6 Å². The molecular weight excluding hydrogens is 213 g/mol. The normalized spacial score (nSPS) is 11.2. The molecule has 0 saturated carbocycles. The Kier molecular flexibility index (Phi) is 2.88. The number of halogens is 3. The van der Waals surface area contributed by atoms with Crippen LogP contribution in [0.1, 0.15) is 15.9 Å². The van der Waals surface area contributed by atoms with Crippen LogP contribution >= 0.6 is 0 Å². The van der Waals surface area contributed by atoms with Gasteiger partial charge in [0, 0.05) is 5.56 Å². The van der Waals surface area contributed by atoms with Gasteiger partial charge in [0.05, 0.1) is 5.97 Å². The second-order valence-electron chi connectivity index (χ2n) is 2.83. The molecule has 6 heteroatoms. The zero-order valence-electron chi connectivity index (χ0n) is 7.59. The number of carboxylic acid groups (broad SMARTS) is 1. The van der Waals surface area contributed by atoms with Crippen molar-refractivity contribution in [3.8, 4) is 5.75 Å². The number of aryl methyl sites for hydroxylation is 1. The maximum absolute atomic E-state index is 11.8. The average Bonchev–Trinajstić information content (AvgIpc) is 2.05. The summed E-state index contributed by atoms with van der Waals surface area (Å²) in [5, 5.41) is 10.5. The lowest BCUT2D eigenvalue weighted by Crippen LogP contribution is -2.25. The third-order valence-electron chi connectivity index (χ3n) is 1.58. The van der Waals surface area contributed by atoms with Crippen molar-refractivity contribution in [1.29, 1.82) is 0 Å². The summed E-state index contributed by atoms with van der Waals surface area (Å²) in [5.41, 5.74) is -0.115. The van der Waals surface area contributed by atoms with E-state index in [1.165, 1.54) is 6.07 Å². The van der Waals surface area contributed by atoms with Crippen molar-refractivity contribution < 1.29 is 27.8 Å². The van der Waals surface area contributed by atoms with E-state index in [1.807, 2.05) is 0 Å². The molecule has 0 aliphatic carbocycles. The zero-order chi connectivity index (χ0) is 11.6. The zero-order valence-corrected chi connectivity index (χ0v) is 7.59. The van der Waals surface area contributed by atoms with Gasteiger partial charge in [-0.2, -0.15) is 0 Å². The van der Waals surface area contributed by atoms with Crippen LogP contribution in [0.2, 0.25) is 0 Å². The summed E-state index contributed by atoms with van der Waals surface area (Å²) in [4.78, 5) is 10.5. The minimum atomic E-state index is -4.92. The minimum absolute atomic E-state index is 0.503. The molecule has 0 fully saturated rings. The number of carboxylic acids is 1. The summed E-state index contributed by atoms with van der Waals surface area (Å²) >= 11 is 0. The second-order valence-corrected chi connectivity index (χ2v) is 2.83. The summed E-state index contributed by atoms with van der Waals surface area (Å²) < 4.78 is 39.1. The Morgan fingerprint density at radius 3 is 2.47 bits per heavy atom. The topological polar surface area (TPSA) is 49.4 Å². The molecule has 15 heavy (non-hydrogen) atoms. The fourth-order valence-electron chi connectivity index (χ4n) is 1.02. The van der Waals surface area contributed by atoms with Crippen LogP contribution in [0.15, 0.2) is 18.2 Å². The largest absolute Gasteiger partial charge is 0.573 e. The van der Waals surface area contributed by atoms with Gasteiger partial charge in [0.25, 0.3) is 0 Å². The first-order valence-corrected chi connectivity index (χ1v) is 3.87. The Morgan fingerprint density at radius 1 is 1.40 bits per heavy atom. The Bertz CT molecular complexity index is 385. The number of hydrogen-bond acceptors (Lipinski definition) is 3. The van der Waals surface area contributed by atoms with Crippen molar-refractivity contribution in [2.45, 2.75) is 13.3 Å². The molecule has 0 aromatic heterocycles. The van der Waals surface area contributed by atoms with Crippen molar-refractivity contribution in [3.05, 3.63) is 29.3 Å². The third kappa shape index (κ3) is 3.16. The predicted molar refractivity (Wildman–Crippen MR) is 42.2 cm³/mol. The first-order valence-electron chi connectivity index (χ1n) is 3.87. The van der Waals surface area contributed by atoms with E-state index in [0.717, 1.165) is 12.1 Å². The Balaban J connectivity index is 3.12. The number of benzene rings is 1. The predicted octanol–water partition coefficient (Wildman–Crippen LogP) is 1.26. The van der Waals surface area contributed by atoms with Crippen LogP contribution in [-0.2, 0) is 0 Å². The summed E-state index contributed by atoms with van der Waals surface area (Å²) in [6, 6.07) is 3.30. The van der Waals surface area contributed by atoms with Gasteiger partial charge in [0.1, 0.15) is 5.75 Å². The molecule has 0 atom stereocenters. The van der Waals surface area contributed by atoms with Crippen LogP contribution in [0.5, 0.6) is 5.75 Å². The van der Waals surface area contributed by atoms with E-state index in [1.54, 1.807) is 6.92 Å². The molecule has 82 valence electrons. The van der Waals surface area contributed by atoms with Gasteiger partial charge in [-0.05, 0) is 19.1 Å². The lowest BCUT2D eigenvalue weighted by molar-refractivity contribution is -0.276. The summed E-state index contributed by atoms with van der Waals surface area (Å²) in [7, 11) is 0. The van der Waals surface area contributed by atoms with E-state index >= 15 is 0 Å². The van der Waals surface area contributed by atoms with Crippen LogP contribution in [0.3, 0.4) is 0 Å². The third-order valence-corrected chi connectivity index (χ3v) is 1.58. The van der Waals surface area contributed by atoms with Crippen LogP contribution in [-0.4, -0.2) is 12.3 Å². The molecule has 0 heterocycles. The maximum atomic E-state index is 11.8. The lowest BCUT2D eigenvalue weighted by atomic mass is 10.1. The minimum Gasteiger partial charge on any atom is -0.545 e. The molecule has 1 rings (SSSR count). The molecule has 0 unspecified atom stereocenters. The molecule has 0 N–H and O–H groups in total. The highest BCUT2D eigenvalue weighted by molar-refractivity contribution is 5.89. The molecule has 0 aliphatic rings. The molecule has 0 spiro atoms. The van der Waals surface area contributed by atoms with E-state index in [2.05, 4.69) is 4.74 Å². The van der Waals surface area contributed by atoms with E-state index in [0.29, 0.717) is 5.56 Å². The highest BCUT2D eigenvalue weighted by Crippen LogP contribution is 2.26. The number of alkyl halides is 3. The summed E-state index contributed by atoms with van der Waals surface area (Å²) in [6.45, 7) is 1.55. The van der Waals surface area contributed by atoms with Gasteiger partial charge in [0.15, 0.2) is 0 Å². The SMILES string of the molecule is Cc1ccc(OC(F)(F)F)c(C(=O)[O-])c1. The monoisotopic (exact) mass is 219 g/mol. The number of hydrogen-bond donors (Lipinski definition) is 0. The number of carbonyl (C=O) groups is 1. The van der Waals surface area contributed by atoms with E-state index in [4.69, 9.17) is 0 Å². The number of ether oxygens (including phenoxy) is 1. The first-order chi connectivity index (χ1) is 6.79. The van der Waals surface area contributed by atoms with Crippen molar-refractivity contribution in [2.24, 2.45) is 0 Å². The van der Waals surface area contributed by atoms with Crippen LogP contribution in [0.4, 0.5) is 13.2 Å². The number of aromatic carboxylic acids is 1. The highest BCUT2D eigenvalue weighted by atomic mass is 19.4. The van der Waals surface area contributed by atoms with Crippen molar-refractivity contribution >= 4 is 5.97 Å². The number of rotatable bonds is 2. The maximum Gasteiger partial charge on any atom is 0.573 e. The Morgan fingerprint density at radius 2 is 2.00 bits per heavy atom. The van der Waals surface area contributed by atoms with Gasteiger partial charge >= 0.3 is 6.36 Å². The van der Waals surface area contributed by atoms with E-state index in [-0.39, 0.29) is 0 Å². The van der Waals surface area contributed by atoms with Crippen molar-refractivity contribution in [3.63, 3.8) is 0 Å². The van der Waals surface area contributed by atoms with E-state index < -0.39 is 23.6 Å². The smallest absolute Gasteiger partial charge is 0.545 e. The van der Waals surface area contributed by atoms with Crippen molar-refractivity contribution in [1.82, 2.24) is 0 Å². The van der Waals surface area contributed by atoms with Gasteiger partial charge in [-0.15, -0.1) is 13.2 Å². The molecule has 3 nitrogen and oxygen atoms in total. The van der Waals surface area contributed by atoms with Crippen LogP contribution < -0.4 is 9.84 Å². The quantitative estimate of drug-likeness (QED) is 0.752. The molecule has 0 aliphatic heterocycles. The van der Waals surface area contributed by atoms with E-state index in [9.17, 15) is 23.1 Å². The highest BCUT2D eigenvalue weighted by Gasteiger charge is 2.32. The molecule has 0 radical (unpaired) electrons. The fraction of sp³-hybridized carbons (Fsp3) is 0.222. The van der Waals surface area contributed by atoms with Crippen LogP contribution in [0.25, 0.3) is 0 Å². The Labute approximate surface area is 83.1 Å². The van der Waals surface area contributed by atoms with Gasteiger partial charge in [-0.25, -0.2) is 0 Å². The molecular formula is C9H6F3O3-. The standard InChI is InChI=1S/C9H7F3O3/c1-5-2-3-7(15-9(10,11)12)6(4-5)8(13)14/h2-4H,1H3,(H,13,14)/p-1. The summed E-state index contributed by atoms with van der Waals surface area (Å²) in [5.74, 6) is -2.48. The molecule has 1 aromatic rings. The molecule has 0 bridgehead atoms. The molecule has 0 saturated heterocycles. The Hall–Kier alpha value is -1.72. The van der Waals surface area contributed by atoms with Gasteiger partial charge in [0.2, 0.25) is 0 Å². The van der Waals surface area contributed by atoms with Gasteiger partial charge in [-0.3, -0.25) is 0 Å². The lowest BCUT2D eigenvalue weighted by Gasteiger charge is -2.14. The van der Waals surface area contributed by atoms with Crippen LogP contribution in [0, 0.1) is 6.92 Å². The van der Waals surface area contributed by atoms with Gasteiger partial charge in [-0.1, -0.05) is 11.6 Å². The number of carbonyl (C=O) groups excluding carboxylic acids is 1. The first kappa shape index (κ1) is 11.4. The summed E-state index contributed by atoms with van der Waals surface area (Å²) in [6.07, 6.45) is -4.92. The fourth-order valence-corrected chi connectivity index (χ4v) is 1.02. The molecule has 0 amide bonds. The second kappa shape index (κ2) is 3.80. The van der Waals surface area contributed by atoms with Crippen molar-refractivity contribution in [2.75, 3.05) is 0 Å². The molecule has 1 aromatic carbocycles.